The lowest BCUT2D eigenvalue weighted by Gasteiger charge is -2.56. The van der Waals surface area contributed by atoms with Gasteiger partial charge in [-0.15, -0.1) is 0 Å². The van der Waals surface area contributed by atoms with E-state index < -0.39 is 66.3 Å². The summed E-state index contributed by atoms with van der Waals surface area (Å²) in [5.74, 6) is -4.01. The SMILES string of the molecule is O=C(Oc1c(CO)[nH]c2ccc3cc4ccccc4cc3c12)[C@@H]1O[C@@](O)(CO)[C@@]2(O)C[C@@H]3CC[C@@H](O)[C@H](C4(c5ccc(O)cc5)CCCC4)[C@@H]3O[C@@H]12. The Kier molecular flexibility index (Phi) is 7.94. The first kappa shape index (κ1) is 33.7. The molecular formula is C41H43NO10. The average Bonchev–Trinajstić information content (AvgIpc) is 3.84. The van der Waals surface area contributed by atoms with Crippen LogP contribution in [0.4, 0.5) is 0 Å². The van der Waals surface area contributed by atoms with Crippen LogP contribution in [0.5, 0.6) is 11.5 Å². The van der Waals surface area contributed by atoms with Gasteiger partial charge in [0.05, 0.1) is 35.4 Å². The summed E-state index contributed by atoms with van der Waals surface area (Å²) < 4.78 is 18.8. The van der Waals surface area contributed by atoms with Crippen LogP contribution in [-0.2, 0) is 26.3 Å². The molecule has 4 aliphatic rings. The molecule has 0 bridgehead atoms. The van der Waals surface area contributed by atoms with E-state index in [0.29, 0.717) is 23.7 Å². The predicted molar refractivity (Wildman–Crippen MR) is 190 cm³/mol. The smallest absolute Gasteiger partial charge is 0.343 e. The number of carbonyl (C=O) groups is 1. The van der Waals surface area contributed by atoms with Crippen molar-refractivity contribution in [2.45, 2.75) is 92.8 Å². The highest BCUT2D eigenvalue weighted by molar-refractivity contribution is 6.14. The van der Waals surface area contributed by atoms with Crippen molar-refractivity contribution in [1.29, 1.82) is 0 Å². The number of benzene rings is 4. The molecule has 3 heterocycles. The molecule has 11 nitrogen and oxygen atoms in total. The summed E-state index contributed by atoms with van der Waals surface area (Å²) in [5, 5.41) is 70.8. The number of hydrogen-bond acceptors (Lipinski definition) is 10. The third-order valence-electron chi connectivity index (χ3n) is 12.7. The molecule has 0 spiro atoms. The van der Waals surface area contributed by atoms with E-state index >= 15 is 0 Å². The van der Waals surface area contributed by atoms with Crippen LogP contribution in [0.15, 0.2) is 72.8 Å². The van der Waals surface area contributed by atoms with Gasteiger partial charge in [0.25, 0.3) is 0 Å². The van der Waals surface area contributed by atoms with E-state index in [4.69, 9.17) is 14.2 Å². The Morgan fingerprint density at radius 3 is 2.37 bits per heavy atom. The van der Waals surface area contributed by atoms with Crippen LogP contribution in [0.3, 0.4) is 0 Å². The Bertz CT molecular complexity index is 2180. The van der Waals surface area contributed by atoms with Crippen LogP contribution < -0.4 is 4.74 Å². The zero-order valence-corrected chi connectivity index (χ0v) is 28.6. The lowest BCUT2D eigenvalue weighted by Crippen LogP contribution is -2.67. The fourth-order valence-electron chi connectivity index (χ4n) is 10.3. The Hall–Kier alpha value is -4.07. The first-order chi connectivity index (χ1) is 25.1. The number of aromatic hydroxyl groups is 1. The van der Waals surface area contributed by atoms with Gasteiger partial charge in [-0.1, -0.05) is 55.3 Å². The monoisotopic (exact) mass is 709 g/mol. The van der Waals surface area contributed by atoms with E-state index in [1.807, 2.05) is 60.7 Å². The average molecular weight is 710 g/mol. The number of carbonyl (C=O) groups excluding carboxylic acids is 1. The molecule has 11 heteroatoms. The van der Waals surface area contributed by atoms with E-state index in [1.54, 1.807) is 12.1 Å². The number of ether oxygens (including phenoxy) is 3. The van der Waals surface area contributed by atoms with Gasteiger partial charge in [-0.25, -0.2) is 4.79 Å². The molecule has 0 unspecified atom stereocenters. The molecule has 52 heavy (non-hydrogen) atoms. The summed E-state index contributed by atoms with van der Waals surface area (Å²) in [7, 11) is 0. The van der Waals surface area contributed by atoms with Crippen LogP contribution in [-0.4, -0.2) is 84.0 Å². The zero-order valence-electron chi connectivity index (χ0n) is 28.6. The third kappa shape index (κ3) is 4.87. The molecule has 2 saturated heterocycles. The number of aromatic amines is 1. The van der Waals surface area contributed by atoms with Gasteiger partial charge in [-0.05, 0) is 95.5 Å². The topological polar surface area (TPSA) is 182 Å². The Morgan fingerprint density at radius 1 is 0.923 bits per heavy atom. The number of fused-ring (bicyclic) bond motifs is 6. The lowest BCUT2D eigenvalue weighted by atomic mass is 9.57. The van der Waals surface area contributed by atoms with Gasteiger partial charge in [0.2, 0.25) is 5.79 Å². The molecular weight excluding hydrogens is 666 g/mol. The molecule has 2 saturated carbocycles. The molecule has 4 fully saturated rings. The van der Waals surface area contributed by atoms with Crippen molar-refractivity contribution in [2.24, 2.45) is 11.8 Å². The van der Waals surface area contributed by atoms with Crippen LogP contribution in [0, 0.1) is 11.8 Å². The molecule has 8 atom stereocenters. The molecule has 2 aliphatic carbocycles. The summed E-state index contributed by atoms with van der Waals surface area (Å²) in [6, 6.07) is 22.8. The van der Waals surface area contributed by atoms with Gasteiger partial charge in [0.15, 0.2) is 17.5 Å². The van der Waals surface area contributed by atoms with Crippen LogP contribution in [0.2, 0.25) is 0 Å². The summed E-state index contributed by atoms with van der Waals surface area (Å²) >= 11 is 0. The number of rotatable bonds is 6. The van der Waals surface area contributed by atoms with Crippen LogP contribution in [0.1, 0.15) is 56.2 Å². The molecule has 4 aromatic carbocycles. The summed E-state index contributed by atoms with van der Waals surface area (Å²) in [6.07, 6.45) is -0.107. The van der Waals surface area contributed by atoms with E-state index in [1.165, 1.54) is 0 Å². The number of nitrogens with one attached hydrogen (secondary N) is 1. The van der Waals surface area contributed by atoms with Crippen molar-refractivity contribution < 1.29 is 49.6 Å². The molecule has 1 aromatic heterocycles. The summed E-state index contributed by atoms with van der Waals surface area (Å²) in [5.41, 5.74) is -0.783. The van der Waals surface area contributed by atoms with E-state index in [2.05, 4.69) is 4.98 Å². The molecule has 5 aromatic rings. The van der Waals surface area contributed by atoms with Gasteiger partial charge in [0.1, 0.15) is 18.5 Å². The summed E-state index contributed by atoms with van der Waals surface area (Å²) in [6.45, 7) is -1.47. The van der Waals surface area contributed by atoms with E-state index in [9.17, 15) is 35.4 Å². The molecule has 0 radical (unpaired) electrons. The van der Waals surface area contributed by atoms with Crippen molar-refractivity contribution in [3.05, 3.63) is 84.1 Å². The fourth-order valence-corrected chi connectivity index (χ4v) is 10.3. The zero-order chi connectivity index (χ0) is 36.0. The molecule has 2 aliphatic heterocycles. The van der Waals surface area contributed by atoms with Gasteiger partial charge >= 0.3 is 5.97 Å². The predicted octanol–water partition coefficient (Wildman–Crippen LogP) is 4.45. The highest BCUT2D eigenvalue weighted by atomic mass is 16.7. The molecule has 272 valence electrons. The second kappa shape index (κ2) is 12.2. The number of H-pyrrole nitrogens is 1. The van der Waals surface area contributed by atoms with Gasteiger partial charge < -0.3 is 49.8 Å². The van der Waals surface area contributed by atoms with Crippen molar-refractivity contribution in [3.8, 4) is 11.5 Å². The number of phenolic OH excluding ortho intramolecular Hbond substituents is 1. The third-order valence-corrected chi connectivity index (χ3v) is 12.7. The maximum atomic E-state index is 14.4. The molecule has 0 amide bonds. The van der Waals surface area contributed by atoms with Gasteiger partial charge in [0, 0.05) is 11.3 Å². The van der Waals surface area contributed by atoms with Crippen molar-refractivity contribution in [1.82, 2.24) is 4.98 Å². The number of aromatic nitrogens is 1. The molecule has 9 rings (SSSR count). The first-order valence-electron chi connectivity index (χ1n) is 18.2. The maximum absolute atomic E-state index is 14.4. The number of aliphatic hydroxyl groups excluding tert-OH is 3. The van der Waals surface area contributed by atoms with Gasteiger partial charge in [-0.2, -0.15) is 0 Å². The fraction of sp³-hybridized carbons (Fsp3) is 0.439. The number of phenols is 1. The minimum Gasteiger partial charge on any atom is -0.508 e. The van der Waals surface area contributed by atoms with Crippen LogP contribution in [0.25, 0.3) is 32.4 Å². The van der Waals surface area contributed by atoms with Gasteiger partial charge in [-0.3, -0.25) is 0 Å². The summed E-state index contributed by atoms with van der Waals surface area (Å²) in [4.78, 5) is 17.5. The number of esters is 1. The standard InChI is InChI=1S/C41H43NO10/c43-20-30-35(32-28-18-23-6-2-1-5-22(23)17-24(28)7-13-29(32)42-30)51-38(47)36-37-40(48,41(49,21-44)52-36)19-25-8-14-31(46)33(34(25)50-37)39(15-3-4-16-39)26-9-11-27(45)12-10-26/h1-2,5-7,9-13,17-18,25,31,33-34,36-37,42-46,48-49H,3-4,8,14-16,19-21H2/t25-,31+,33-,34+,36+,37-,40+,41-/m0/s1. The second-order valence-corrected chi connectivity index (χ2v) is 15.4. The maximum Gasteiger partial charge on any atom is 0.343 e. The van der Waals surface area contributed by atoms with Crippen molar-refractivity contribution >= 4 is 38.4 Å². The van der Waals surface area contributed by atoms with E-state index in [0.717, 1.165) is 52.8 Å². The van der Waals surface area contributed by atoms with E-state index in [-0.39, 0.29) is 29.5 Å². The largest absolute Gasteiger partial charge is 0.508 e. The highest BCUT2D eigenvalue weighted by Gasteiger charge is 2.72. The normalized spacial score (nSPS) is 32.6. The highest BCUT2D eigenvalue weighted by Crippen LogP contribution is 2.58. The molecule has 7 N–H and O–H groups in total. The Balaban J connectivity index is 1.10. The number of aliphatic hydroxyl groups is 5. The quantitative estimate of drug-likeness (QED) is 0.0984. The van der Waals surface area contributed by atoms with Crippen LogP contribution >= 0.6 is 0 Å². The number of hydrogen-bond donors (Lipinski definition) is 7. The minimum absolute atomic E-state index is 0.0370. The van der Waals surface area contributed by atoms with Crippen molar-refractivity contribution in [2.75, 3.05) is 6.61 Å². The lowest BCUT2D eigenvalue weighted by molar-refractivity contribution is -0.308. The minimum atomic E-state index is -2.54. The second-order valence-electron chi connectivity index (χ2n) is 15.4. The first-order valence-corrected chi connectivity index (χ1v) is 18.2. The Labute approximate surface area is 299 Å². The van der Waals surface area contributed by atoms with Crippen molar-refractivity contribution in [3.63, 3.8) is 0 Å². The Morgan fingerprint density at radius 2 is 1.65 bits per heavy atom.